The summed E-state index contributed by atoms with van der Waals surface area (Å²) in [6.07, 6.45) is 5.39. The van der Waals surface area contributed by atoms with Crippen LogP contribution in [0.4, 0.5) is 0 Å². The molecule has 5 heteroatoms. The monoisotopic (exact) mass is 305 g/mol. The fourth-order valence-corrected chi connectivity index (χ4v) is 3.37. The molecule has 2 rings (SSSR count). The molecule has 1 heterocycles. The third-order valence-electron chi connectivity index (χ3n) is 4.48. The summed E-state index contributed by atoms with van der Waals surface area (Å²) in [6.45, 7) is 5.46. The number of nitrogens with two attached hydrogens (primary N) is 1. The summed E-state index contributed by atoms with van der Waals surface area (Å²) in [5, 5.41) is 3.10. The summed E-state index contributed by atoms with van der Waals surface area (Å²) >= 11 is 0. The molecule has 4 N–H and O–H groups in total. The fraction of sp³-hybridized carbons (Fsp3) is 0.647. The van der Waals surface area contributed by atoms with Crippen molar-refractivity contribution < 1.29 is 9.59 Å². The van der Waals surface area contributed by atoms with E-state index in [0.29, 0.717) is 11.3 Å². The van der Waals surface area contributed by atoms with E-state index in [9.17, 15) is 9.59 Å². The first kappa shape index (κ1) is 16.7. The Morgan fingerprint density at radius 1 is 1.27 bits per heavy atom. The number of hydrogen-bond acceptors (Lipinski definition) is 3. The highest BCUT2D eigenvalue weighted by atomic mass is 16.2. The first-order valence-corrected chi connectivity index (χ1v) is 8.22. The Balaban J connectivity index is 2.18. The smallest absolute Gasteiger partial charge is 0.268 e. The lowest BCUT2D eigenvalue weighted by molar-refractivity contribution is 0.0920. The fourth-order valence-electron chi connectivity index (χ4n) is 3.37. The Bertz CT molecular complexity index is 554. The molecule has 0 spiro atoms. The van der Waals surface area contributed by atoms with Crippen molar-refractivity contribution in [3.8, 4) is 0 Å². The van der Waals surface area contributed by atoms with Crippen molar-refractivity contribution in [2.24, 2.45) is 5.73 Å². The standard InChI is InChI=1S/C17H27N3O2/c1-4-5-14-15(11(3)21)10(2)19-16(14)17(22)20-13-8-6-12(18)7-9-13/h12-13,19H,4-9,18H2,1-3H3,(H,20,22). The number of carbonyl (C=O) groups is 2. The molecule has 1 amide bonds. The lowest BCUT2D eigenvalue weighted by Gasteiger charge is -2.26. The zero-order valence-electron chi connectivity index (χ0n) is 13.8. The predicted octanol–water partition coefficient (Wildman–Crippen LogP) is 2.48. The molecule has 122 valence electrons. The highest BCUT2D eigenvalue weighted by Gasteiger charge is 2.25. The van der Waals surface area contributed by atoms with Crippen LogP contribution in [0.3, 0.4) is 0 Å². The van der Waals surface area contributed by atoms with Crippen LogP contribution >= 0.6 is 0 Å². The van der Waals surface area contributed by atoms with E-state index in [1.165, 1.54) is 0 Å². The Morgan fingerprint density at radius 3 is 2.45 bits per heavy atom. The minimum Gasteiger partial charge on any atom is -0.354 e. The highest BCUT2D eigenvalue weighted by Crippen LogP contribution is 2.23. The summed E-state index contributed by atoms with van der Waals surface area (Å²) in [6, 6.07) is 0.451. The third kappa shape index (κ3) is 3.58. The van der Waals surface area contributed by atoms with Crippen LogP contribution in [0.15, 0.2) is 0 Å². The minimum atomic E-state index is -0.0977. The van der Waals surface area contributed by atoms with Crippen LogP contribution in [-0.4, -0.2) is 28.8 Å². The van der Waals surface area contributed by atoms with Gasteiger partial charge in [0.1, 0.15) is 5.69 Å². The zero-order chi connectivity index (χ0) is 16.3. The van der Waals surface area contributed by atoms with Crippen LogP contribution in [-0.2, 0) is 6.42 Å². The molecule has 0 atom stereocenters. The number of aryl methyl sites for hydroxylation is 1. The van der Waals surface area contributed by atoms with Crippen molar-refractivity contribution >= 4 is 11.7 Å². The average molecular weight is 305 g/mol. The molecule has 1 aliphatic carbocycles. The molecule has 5 nitrogen and oxygen atoms in total. The number of carbonyl (C=O) groups excluding carboxylic acids is 2. The molecule has 0 unspecified atom stereocenters. The van der Waals surface area contributed by atoms with Crippen LogP contribution in [0.5, 0.6) is 0 Å². The van der Waals surface area contributed by atoms with Gasteiger partial charge in [0.2, 0.25) is 0 Å². The number of aromatic amines is 1. The van der Waals surface area contributed by atoms with E-state index in [4.69, 9.17) is 5.73 Å². The summed E-state index contributed by atoms with van der Waals surface area (Å²) in [7, 11) is 0. The third-order valence-corrected chi connectivity index (χ3v) is 4.48. The van der Waals surface area contributed by atoms with Gasteiger partial charge in [0.05, 0.1) is 0 Å². The Kier molecular flexibility index (Phi) is 5.40. The van der Waals surface area contributed by atoms with E-state index >= 15 is 0 Å². The molecule has 1 aromatic rings. The molecule has 0 aliphatic heterocycles. The number of aromatic nitrogens is 1. The second-order valence-electron chi connectivity index (χ2n) is 6.37. The van der Waals surface area contributed by atoms with Crippen LogP contribution in [0.2, 0.25) is 0 Å². The Labute approximate surface area is 132 Å². The molecular formula is C17H27N3O2. The summed E-state index contributed by atoms with van der Waals surface area (Å²) in [5.74, 6) is -0.0839. The normalized spacial score (nSPS) is 21.6. The second-order valence-corrected chi connectivity index (χ2v) is 6.37. The van der Waals surface area contributed by atoms with E-state index in [2.05, 4.69) is 17.2 Å². The summed E-state index contributed by atoms with van der Waals surface area (Å²) in [4.78, 5) is 27.6. The van der Waals surface area contributed by atoms with E-state index in [1.54, 1.807) is 6.92 Å². The SMILES string of the molecule is CCCc1c(C(=O)NC2CCC(N)CC2)[nH]c(C)c1C(C)=O. The summed E-state index contributed by atoms with van der Waals surface area (Å²) in [5.41, 5.74) is 8.78. The van der Waals surface area contributed by atoms with Crippen LogP contribution in [0.1, 0.15) is 78.1 Å². The Hall–Kier alpha value is -1.62. The van der Waals surface area contributed by atoms with Crippen molar-refractivity contribution in [1.29, 1.82) is 0 Å². The van der Waals surface area contributed by atoms with Gasteiger partial charge in [0.15, 0.2) is 5.78 Å². The maximum Gasteiger partial charge on any atom is 0.268 e. The van der Waals surface area contributed by atoms with Gasteiger partial charge in [-0.1, -0.05) is 13.3 Å². The molecule has 0 aromatic carbocycles. The van der Waals surface area contributed by atoms with Gasteiger partial charge in [-0.3, -0.25) is 9.59 Å². The minimum absolute atomic E-state index is 0.0138. The Morgan fingerprint density at radius 2 is 1.91 bits per heavy atom. The number of Topliss-reactive ketones (excluding diaryl/α,β-unsaturated/α-hetero) is 1. The van der Waals surface area contributed by atoms with Crippen molar-refractivity contribution in [1.82, 2.24) is 10.3 Å². The second kappa shape index (κ2) is 7.09. The quantitative estimate of drug-likeness (QED) is 0.730. The molecule has 1 fully saturated rings. The van der Waals surface area contributed by atoms with Crippen molar-refractivity contribution in [3.05, 3.63) is 22.5 Å². The zero-order valence-corrected chi connectivity index (χ0v) is 13.8. The van der Waals surface area contributed by atoms with Crippen LogP contribution < -0.4 is 11.1 Å². The van der Waals surface area contributed by atoms with E-state index < -0.39 is 0 Å². The van der Waals surface area contributed by atoms with Gasteiger partial charge < -0.3 is 16.0 Å². The van der Waals surface area contributed by atoms with Crippen molar-refractivity contribution in [2.45, 2.75) is 71.4 Å². The van der Waals surface area contributed by atoms with Gasteiger partial charge in [-0.05, 0) is 51.5 Å². The summed E-state index contributed by atoms with van der Waals surface area (Å²) < 4.78 is 0. The van der Waals surface area contributed by atoms with Gasteiger partial charge in [-0.25, -0.2) is 0 Å². The van der Waals surface area contributed by atoms with Crippen molar-refractivity contribution in [2.75, 3.05) is 0 Å². The highest BCUT2D eigenvalue weighted by molar-refractivity contribution is 6.02. The van der Waals surface area contributed by atoms with Gasteiger partial charge in [0.25, 0.3) is 5.91 Å². The lowest BCUT2D eigenvalue weighted by Crippen LogP contribution is -2.40. The number of amides is 1. The van der Waals surface area contributed by atoms with E-state index in [0.717, 1.165) is 49.8 Å². The molecule has 1 saturated carbocycles. The maximum atomic E-state index is 12.6. The largest absolute Gasteiger partial charge is 0.354 e. The van der Waals surface area contributed by atoms with Crippen molar-refractivity contribution in [3.63, 3.8) is 0 Å². The number of H-pyrrole nitrogens is 1. The molecule has 0 bridgehead atoms. The van der Waals surface area contributed by atoms with E-state index in [-0.39, 0.29) is 23.8 Å². The topological polar surface area (TPSA) is 88.0 Å². The number of nitrogens with one attached hydrogen (secondary N) is 2. The first-order valence-electron chi connectivity index (χ1n) is 8.22. The van der Waals surface area contributed by atoms with Gasteiger partial charge in [0, 0.05) is 23.3 Å². The van der Waals surface area contributed by atoms with Crippen LogP contribution in [0.25, 0.3) is 0 Å². The predicted molar refractivity (Wildman–Crippen MR) is 87.2 cm³/mol. The van der Waals surface area contributed by atoms with Crippen LogP contribution in [0, 0.1) is 6.92 Å². The molecule has 0 radical (unpaired) electrons. The van der Waals surface area contributed by atoms with Gasteiger partial charge in [-0.15, -0.1) is 0 Å². The number of ketones is 1. The first-order chi connectivity index (χ1) is 10.4. The lowest BCUT2D eigenvalue weighted by atomic mass is 9.91. The number of hydrogen-bond donors (Lipinski definition) is 3. The molecule has 1 aliphatic rings. The number of rotatable bonds is 5. The average Bonchev–Trinajstić information content (AvgIpc) is 2.79. The van der Waals surface area contributed by atoms with E-state index in [1.807, 2.05) is 6.92 Å². The molecule has 0 saturated heterocycles. The molecular weight excluding hydrogens is 278 g/mol. The van der Waals surface area contributed by atoms with Gasteiger partial charge in [-0.2, -0.15) is 0 Å². The van der Waals surface area contributed by atoms with Gasteiger partial charge >= 0.3 is 0 Å². The maximum absolute atomic E-state index is 12.6. The molecule has 22 heavy (non-hydrogen) atoms. The molecule has 1 aromatic heterocycles.